The van der Waals surface area contributed by atoms with Crippen LogP contribution in [0.2, 0.25) is 0 Å². The molecular formula is C16H17Br2N. The average molecular weight is 383 g/mol. The van der Waals surface area contributed by atoms with Crippen LogP contribution in [-0.4, -0.2) is 6.04 Å². The first-order chi connectivity index (χ1) is 9.15. The van der Waals surface area contributed by atoms with E-state index in [9.17, 15) is 0 Å². The lowest BCUT2D eigenvalue weighted by atomic mass is 10.1. The molecule has 0 saturated carbocycles. The van der Waals surface area contributed by atoms with Crippen LogP contribution in [0.15, 0.2) is 57.5 Å². The van der Waals surface area contributed by atoms with Crippen LogP contribution < -0.4 is 5.32 Å². The fourth-order valence-corrected chi connectivity index (χ4v) is 3.13. The first kappa shape index (κ1) is 14.6. The van der Waals surface area contributed by atoms with Crippen molar-refractivity contribution in [1.82, 2.24) is 0 Å². The largest absolute Gasteiger partial charge is 0.382 e. The Kier molecular flexibility index (Phi) is 5.46. The minimum Gasteiger partial charge on any atom is -0.382 e. The molecule has 0 aliphatic heterocycles. The van der Waals surface area contributed by atoms with Gasteiger partial charge in [-0.15, -0.1) is 0 Å². The maximum absolute atomic E-state index is 3.58. The summed E-state index contributed by atoms with van der Waals surface area (Å²) >= 11 is 7.05. The van der Waals surface area contributed by atoms with Crippen molar-refractivity contribution in [2.45, 2.75) is 25.8 Å². The summed E-state index contributed by atoms with van der Waals surface area (Å²) < 4.78 is 2.18. The smallest absolute Gasteiger partial charge is 0.0487 e. The van der Waals surface area contributed by atoms with Crippen LogP contribution >= 0.6 is 31.9 Å². The maximum atomic E-state index is 3.58. The van der Waals surface area contributed by atoms with Gasteiger partial charge in [0, 0.05) is 20.7 Å². The molecule has 2 aromatic carbocycles. The van der Waals surface area contributed by atoms with E-state index in [-0.39, 0.29) is 0 Å². The third-order valence-corrected chi connectivity index (χ3v) is 4.19. The number of benzene rings is 2. The molecule has 0 radical (unpaired) electrons. The van der Waals surface area contributed by atoms with E-state index in [0.717, 1.165) is 27.5 Å². The van der Waals surface area contributed by atoms with Crippen LogP contribution in [0, 0.1) is 0 Å². The van der Waals surface area contributed by atoms with E-state index in [1.807, 2.05) is 0 Å². The molecule has 1 N–H and O–H groups in total. The SMILES string of the molecule is CC(CCc1ccccc1)Nc1ccc(Br)cc1Br. The molecule has 0 spiro atoms. The van der Waals surface area contributed by atoms with Gasteiger partial charge in [-0.05, 0) is 59.5 Å². The van der Waals surface area contributed by atoms with Crippen LogP contribution in [0.4, 0.5) is 5.69 Å². The zero-order valence-electron chi connectivity index (χ0n) is 10.9. The van der Waals surface area contributed by atoms with Crippen molar-refractivity contribution in [2.75, 3.05) is 5.32 Å². The van der Waals surface area contributed by atoms with E-state index in [4.69, 9.17) is 0 Å². The highest BCUT2D eigenvalue weighted by atomic mass is 79.9. The highest BCUT2D eigenvalue weighted by molar-refractivity contribution is 9.11. The second-order valence-electron chi connectivity index (χ2n) is 4.69. The molecule has 0 bridgehead atoms. The van der Waals surface area contributed by atoms with Gasteiger partial charge in [-0.25, -0.2) is 0 Å². The summed E-state index contributed by atoms with van der Waals surface area (Å²) in [5, 5.41) is 3.54. The Balaban J connectivity index is 1.89. The molecule has 2 rings (SSSR count). The van der Waals surface area contributed by atoms with Gasteiger partial charge in [0.05, 0.1) is 0 Å². The topological polar surface area (TPSA) is 12.0 Å². The highest BCUT2D eigenvalue weighted by Crippen LogP contribution is 2.27. The molecule has 0 aliphatic carbocycles. The van der Waals surface area contributed by atoms with Crippen molar-refractivity contribution in [1.29, 1.82) is 0 Å². The monoisotopic (exact) mass is 381 g/mol. The Bertz CT molecular complexity index is 526. The fraction of sp³-hybridized carbons (Fsp3) is 0.250. The minimum absolute atomic E-state index is 0.442. The molecule has 19 heavy (non-hydrogen) atoms. The van der Waals surface area contributed by atoms with Crippen LogP contribution in [0.25, 0.3) is 0 Å². The second-order valence-corrected chi connectivity index (χ2v) is 6.46. The van der Waals surface area contributed by atoms with Crippen LogP contribution in [-0.2, 0) is 6.42 Å². The van der Waals surface area contributed by atoms with Gasteiger partial charge in [-0.3, -0.25) is 0 Å². The molecule has 0 fully saturated rings. The standard InChI is InChI=1S/C16H17Br2N/c1-12(7-8-13-5-3-2-4-6-13)19-16-10-9-14(17)11-15(16)18/h2-6,9-12,19H,7-8H2,1H3. The van der Waals surface area contributed by atoms with Crippen LogP contribution in [0.1, 0.15) is 18.9 Å². The number of anilines is 1. The predicted molar refractivity (Wildman–Crippen MR) is 89.7 cm³/mol. The summed E-state index contributed by atoms with van der Waals surface area (Å²) in [7, 11) is 0. The van der Waals surface area contributed by atoms with Crippen molar-refractivity contribution in [2.24, 2.45) is 0 Å². The van der Waals surface area contributed by atoms with Crippen molar-refractivity contribution >= 4 is 37.5 Å². The predicted octanol–water partition coefficient (Wildman–Crippen LogP) is 5.64. The molecule has 0 aromatic heterocycles. The van der Waals surface area contributed by atoms with Crippen molar-refractivity contribution in [3.8, 4) is 0 Å². The van der Waals surface area contributed by atoms with Gasteiger partial charge in [0.25, 0.3) is 0 Å². The van der Waals surface area contributed by atoms with Gasteiger partial charge in [-0.1, -0.05) is 46.3 Å². The number of rotatable bonds is 5. The highest BCUT2D eigenvalue weighted by Gasteiger charge is 2.05. The summed E-state index contributed by atoms with van der Waals surface area (Å²) in [6.45, 7) is 2.22. The fourth-order valence-electron chi connectivity index (χ4n) is 1.97. The number of nitrogens with one attached hydrogen (secondary N) is 1. The lowest BCUT2D eigenvalue weighted by molar-refractivity contribution is 0.706. The molecule has 0 aliphatic rings. The van der Waals surface area contributed by atoms with E-state index in [2.05, 4.69) is 92.6 Å². The minimum atomic E-state index is 0.442. The van der Waals surface area contributed by atoms with E-state index >= 15 is 0 Å². The van der Waals surface area contributed by atoms with Crippen LogP contribution in [0.5, 0.6) is 0 Å². The third kappa shape index (κ3) is 4.66. The molecule has 0 amide bonds. The van der Waals surface area contributed by atoms with Crippen molar-refractivity contribution in [3.63, 3.8) is 0 Å². The molecule has 0 saturated heterocycles. The molecule has 2 aromatic rings. The van der Waals surface area contributed by atoms with E-state index < -0.39 is 0 Å². The molecule has 1 nitrogen and oxygen atoms in total. The lowest BCUT2D eigenvalue weighted by Crippen LogP contribution is -2.16. The first-order valence-electron chi connectivity index (χ1n) is 6.40. The van der Waals surface area contributed by atoms with Gasteiger partial charge in [-0.2, -0.15) is 0 Å². The summed E-state index contributed by atoms with van der Waals surface area (Å²) in [5.41, 5.74) is 2.54. The van der Waals surface area contributed by atoms with Gasteiger partial charge in [0.1, 0.15) is 0 Å². The Hall–Kier alpha value is -0.800. The maximum Gasteiger partial charge on any atom is 0.0487 e. The van der Waals surface area contributed by atoms with Crippen molar-refractivity contribution < 1.29 is 0 Å². The van der Waals surface area contributed by atoms with E-state index in [0.29, 0.717) is 6.04 Å². The van der Waals surface area contributed by atoms with Gasteiger partial charge < -0.3 is 5.32 Å². The summed E-state index contributed by atoms with van der Waals surface area (Å²) in [4.78, 5) is 0. The molecule has 3 heteroatoms. The lowest BCUT2D eigenvalue weighted by Gasteiger charge is -2.16. The Morgan fingerprint density at radius 1 is 1.05 bits per heavy atom. The quantitative estimate of drug-likeness (QED) is 0.704. The van der Waals surface area contributed by atoms with Crippen molar-refractivity contribution in [3.05, 3.63) is 63.0 Å². The molecule has 1 unspecified atom stereocenters. The Morgan fingerprint density at radius 3 is 2.47 bits per heavy atom. The average Bonchev–Trinajstić information content (AvgIpc) is 2.41. The van der Waals surface area contributed by atoms with Crippen LogP contribution in [0.3, 0.4) is 0 Å². The van der Waals surface area contributed by atoms with E-state index in [1.165, 1.54) is 5.56 Å². The normalized spacial score (nSPS) is 12.2. The molecule has 0 heterocycles. The van der Waals surface area contributed by atoms with Gasteiger partial charge >= 0.3 is 0 Å². The number of halogens is 2. The Labute approximate surface area is 131 Å². The first-order valence-corrected chi connectivity index (χ1v) is 7.99. The second kappa shape index (κ2) is 7.11. The molecule has 100 valence electrons. The number of hydrogen-bond acceptors (Lipinski definition) is 1. The van der Waals surface area contributed by atoms with Gasteiger partial charge in [0.2, 0.25) is 0 Å². The number of hydrogen-bond donors (Lipinski definition) is 1. The van der Waals surface area contributed by atoms with E-state index in [1.54, 1.807) is 0 Å². The molecule has 1 atom stereocenters. The Morgan fingerprint density at radius 2 is 1.79 bits per heavy atom. The summed E-state index contributed by atoms with van der Waals surface area (Å²) in [5.74, 6) is 0. The zero-order chi connectivity index (χ0) is 13.7. The van der Waals surface area contributed by atoms with Gasteiger partial charge in [0.15, 0.2) is 0 Å². The zero-order valence-corrected chi connectivity index (χ0v) is 14.0. The third-order valence-electron chi connectivity index (χ3n) is 3.04. The number of aryl methyl sites for hydroxylation is 1. The summed E-state index contributed by atoms with van der Waals surface area (Å²) in [6, 6.07) is 17.3. The molecular weight excluding hydrogens is 366 g/mol. The summed E-state index contributed by atoms with van der Waals surface area (Å²) in [6.07, 6.45) is 2.22.